The Morgan fingerprint density at radius 3 is 2.88 bits per heavy atom. The van der Waals surface area contributed by atoms with E-state index in [1.165, 1.54) is 22.8 Å². The third-order valence-electron chi connectivity index (χ3n) is 5.86. The van der Waals surface area contributed by atoms with E-state index in [0.29, 0.717) is 23.6 Å². The summed E-state index contributed by atoms with van der Waals surface area (Å²) in [6.45, 7) is 0.261. The van der Waals surface area contributed by atoms with E-state index >= 15 is 0 Å². The van der Waals surface area contributed by atoms with Gasteiger partial charge < -0.3 is 19.9 Å². The van der Waals surface area contributed by atoms with Gasteiger partial charge in [-0.1, -0.05) is 17.7 Å². The van der Waals surface area contributed by atoms with Crippen LogP contribution >= 0.6 is 11.6 Å². The minimum atomic E-state index is -3.95. The van der Waals surface area contributed by atoms with Gasteiger partial charge in [0.2, 0.25) is 15.9 Å². The molecule has 4 atom stereocenters. The number of fused-ring (bicyclic) bond motifs is 1. The maximum Gasteiger partial charge on any atom is 0.243 e. The van der Waals surface area contributed by atoms with E-state index in [9.17, 15) is 18.3 Å². The lowest BCUT2D eigenvalue weighted by Gasteiger charge is -2.43. The molecule has 1 aromatic carbocycles. The quantitative estimate of drug-likeness (QED) is 0.591. The van der Waals surface area contributed by atoms with Crippen molar-refractivity contribution in [3.05, 3.63) is 53.6 Å². The van der Waals surface area contributed by atoms with Crippen LogP contribution in [-0.2, 0) is 30.8 Å². The van der Waals surface area contributed by atoms with Crippen molar-refractivity contribution >= 4 is 27.5 Å². The molecule has 184 valence electrons. The van der Waals surface area contributed by atoms with Crippen LogP contribution in [0, 0.1) is 0 Å². The van der Waals surface area contributed by atoms with Gasteiger partial charge in [0.1, 0.15) is 6.33 Å². The topological polar surface area (TPSA) is 131 Å². The lowest BCUT2D eigenvalue weighted by molar-refractivity contribution is -0.146. The molecule has 2 aliphatic heterocycles. The van der Waals surface area contributed by atoms with Crippen LogP contribution < -0.4 is 5.32 Å². The van der Waals surface area contributed by atoms with Crippen LogP contribution in [0.3, 0.4) is 0 Å². The number of nitrogens with one attached hydrogen (secondary N) is 1. The molecule has 34 heavy (non-hydrogen) atoms. The summed E-state index contributed by atoms with van der Waals surface area (Å²) in [7, 11) is -3.95. The number of aliphatic hydroxyl groups is 1. The van der Waals surface area contributed by atoms with Crippen molar-refractivity contribution in [2.75, 3.05) is 19.8 Å². The van der Waals surface area contributed by atoms with E-state index < -0.39 is 28.3 Å². The number of β-amino-alcohol motifs (C(OH)–C–C–N with tert-alkyl or cyclic N) is 1. The zero-order valence-corrected chi connectivity index (χ0v) is 20.0. The monoisotopic (exact) mass is 510 g/mol. The Hall–Kier alpha value is -2.15. The van der Waals surface area contributed by atoms with Crippen LogP contribution in [0.1, 0.15) is 25.0 Å². The van der Waals surface area contributed by atoms with Crippen molar-refractivity contribution in [2.24, 2.45) is 0 Å². The van der Waals surface area contributed by atoms with Crippen LogP contribution in [0.5, 0.6) is 0 Å². The Kier molecular flexibility index (Phi) is 8.12. The van der Waals surface area contributed by atoms with Gasteiger partial charge in [-0.15, -0.1) is 0 Å². The van der Waals surface area contributed by atoms with Gasteiger partial charge in [0.15, 0.2) is 0 Å². The number of carbonyl (C=O) groups is 1. The Morgan fingerprint density at radius 2 is 2.12 bits per heavy atom. The molecule has 2 fully saturated rings. The number of aliphatic hydroxyl groups excluding tert-OH is 1. The summed E-state index contributed by atoms with van der Waals surface area (Å²) >= 11 is 6.02. The summed E-state index contributed by atoms with van der Waals surface area (Å²) in [6.07, 6.45) is 2.18. The average Bonchev–Trinajstić information content (AvgIpc) is 2.81. The van der Waals surface area contributed by atoms with Gasteiger partial charge in [0.25, 0.3) is 0 Å². The highest BCUT2D eigenvalue weighted by atomic mass is 35.5. The first kappa shape index (κ1) is 25.0. The smallest absolute Gasteiger partial charge is 0.243 e. The van der Waals surface area contributed by atoms with Gasteiger partial charge in [0.05, 0.1) is 61.1 Å². The second-order valence-electron chi connectivity index (χ2n) is 8.35. The number of ether oxygens (including phenoxy) is 2. The fraction of sp³-hybridized carbons (Fsp3) is 0.500. The average molecular weight is 511 g/mol. The first-order valence-corrected chi connectivity index (χ1v) is 12.8. The summed E-state index contributed by atoms with van der Waals surface area (Å²) in [4.78, 5) is 20.4. The summed E-state index contributed by atoms with van der Waals surface area (Å²) in [5.41, 5.74) is 0.696. The number of aromatic nitrogens is 2. The van der Waals surface area contributed by atoms with E-state index in [4.69, 9.17) is 21.1 Å². The first-order chi connectivity index (χ1) is 16.3. The Morgan fingerprint density at radius 1 is 1.26 bits per heavy atom. The minimum Gasteiger partial charge on any atom is -0.389 e. The molecule has 2 saturated heterocycles. The zero-order valence-electron chi connectivity index (χ0n) is 18.4. The maximum atomic E-state index is 13.5. The summed E-state index contributed by atoms with van der Waals surface area (Å²) in [5.74, 6) is -0.187. The van der Waals surface area contributed by atoms with Crippen molar-refractivity contribution in [3.8, 4) is 0 Å². The number of amides is 1. The van der Waals surface area contributed by atoms with E-state index in [2.05, 4.69) is 15.3 Å². The van der Waals surface area contributed by atoms with Gasteiger partial charge in [-0.25, -0.2) is 18.4 Å². The fourth-order valence-corrected chi connectivity index (χ4v) is 6.24. The maximum absolute atomic E-state index is 13.5. The molecule has 2 N–H and O–H groups in total. The van der Waals surface area contributed by atoms with Gasteiger partial charge in [-0.3, -0.25) is 4.79 Å². The van der Waals surface area contributed by atoms with E-state index in [0.717, 1.165) is 0 Å². The van der Waals surface area contributed by atoms with Crippen molar-refractivity contribution in [3.63, 3.8) is 0 Å². The SMILES string of the molecule is O=C(C[C@@H]1CC[C@@H]2[C@H](COC[C@H](O)CN2S(=O)(=O)c2cccc(Cl)c2)O1)NCc1ccncn1. The summed E-state index contributed by atoms with van der Waals surface area (Å²) < 4.78 is 39.9. The van der Waals surface area contributed by atoms with Crippen molar-refractivity contribution < 1.29 is 27.8 Å². The molecular weight excluding hydrogens is 484 g/mol. The van der Waals surface area contributed by atoms with E-state index in [1.54, 1.807) is 24.4 Å². The molecule has 4 rings (SSSR count). The van der Waals surface area contributed by atoms with E-state index in [1.807, 2.05) is 0 Å². The van der Waals surface area contributed by atoms with Crippen LogP contribution in [0.15, 0.2) is 47.8 Å². The molecular formula is C22H27ClN4O6S. The largest absolute Gasteiger partial charge is 0.389 e. The number of rotatable bonds is 6. The predicted octanol–water partition coefficient (Wildman–Crippen LogP) is 1.13. The van der Waals surface area contributed by atoms with Gasteiger partial charge in [-0.2, -0.15) is 4.31 Å². The molecule has 2 aromatic rings. The third kappa shape index (κ3) is 6.09. The highest BCUT2D eigenvalue weighted by Gasteiger charge is 2.43. The first-order valence-electron chi connectivity index (χ1n) is 11.0. The second kappa shape index (κ2) is 11.1. The molecule has 12 heteroatoms. The lowest BCUT2D eigenvalue weighted by atomic mass is 9.96. The van der Waals surface area contributed by atoms with Gasteiger partial charge in [-0.05, 0) is 37.1 Å². The number of benzene rings is 1. The number of hydrogen-bond acceptors (Lipinski definition) is 8. The number of sulfonamides is 1. The highest BCUT2D eigenvalue weighted by molar-refractivity contribution is 7.89. The molecule has 0 bridgehead atoms. The normalized spacial score (nSPS) is 26.2. The zero-order chi connectivity index (χ0) is 24.1. The molecule has 10 nitrogen and oxygen atoms in total. The fourth-order valence-electron chi connectivity index (χ4n) is 4.22. The molecule has 0 unspecified atom stereocenters. The molecule has 1 amide bonds. The molecule has 3 heterocycles. The Bertz CT molecular complexity index is 1090. The number of nitrogens with zero attached hydrogens (tertiary/aromatic N) is 3. The lowest BCUT2D eigenvalue weighted by Crippen LogP contribution is -2.57. The molecule has 0 spiro atoms. The molecule has 0 saturated carbocycles. The standard InChI is InChI=1S/C22H27ClN4O6S/c23-15-2-1-3-19(8-15)34(30,31)27-11-17(28)12-32-13-21-20(27)5-4-18(33-21)9-22(29)25-10-16-6-7-24-14-26-16/h1-3,6-8,14,17-18,20-21,28H,4-5,9-13H2,(H,25,29)/t17-,18+,20-,21+/m1/s1. The van der Waals surface area contributed by atoms with Gasteiger partial charge in [0, 0.05) is 17.8 Å². The van der Waals surface area contributed by atoms with Gasteiger partial charge >= 0.3 is 0 Å². The van der Waals surface area contributed by atoms with Crippen molar-refractivity contribution in [2.45, 2.75) is 55.1 Å². The van der Waals surface area contributed by atoms with Crippen molar-refractivity contribution in [1.82, 2.24) is 19.6 Å². The van der Waals surface area contributed by atoms with Crippen LogP contribution in [0.2, 0.25) is 5.02 Å². The summed E-state index contributed by atoms with van der Waals surface area (Å²) in [5, 5.41) is 13.4. The molecule has 1 aromatic heterocycles. The highest BCUT2D eigenvalue weighted by Crippen LogP contribution is 2.32. The van der Waals surface area contributed by atoms with Crippen LogP contribution in [0.25, 0.3) is 0 Å². The third-order valence-corrected chi connectivity index (χ3v) is 7.98. The van der Waals surface area contributed by atoms with E-state index in [-0.39, 0.29) is 49.6 Å². The summed E-state index contributed by atoms with van der Waals surface area (Å²) in [6, 6.07) is 7.22. The Balaban J connectivity index is 1.44. The Labute approximate surface area is 203 Å². The number of carbonyl (C=O) groups excluding carboxylic acids is 1. The predicted molar refractivity (Wildman–Crippen MR) is 122 cm³/mol. The van der Waals surface area contributed by atoms with Crippen molar-refractivity contribution in [1.29, 1.82) is 0 Å². The minimum absolute atomic E-state index is 0.0156. The molecule has 0 radical (unpaired) electrons. The van der Waals surface area contributed by atoms with Crippen LogP contribution in [-0.4, -0.2) is 77.8 Å². The molecule has 0 aliphatic carbocycles. The number of halogens is 1. The van der Waals surface area contributed by atoms with Crippen LogP contribution in [0.4, 0.5) is 0 Å². The second-order valence-corrected chi connectivity index (χ2v) is 10.7. The number of hydrogen-bond donors (Lipinski definition) is 2. The molecule has 2 aliphatic rings.